The van der Waals surface area contributed by atoms with E-state index >= 15 is 0 Å². The number of aliphatic hydroxyl groups excluding tert-OH is 1. The van der Waals surface area contributed by atoms with Crippen LogP contribution < -0.4 is 4.74 Å². The molecule has 0 aliphatic heterocycles. The van der Waals surface area contributed by atoms with E-state index in [1.807, 2.05) is 31.2 Å². The van der Waals surface area contributed by atoms with Gasteiger partial charge in [-0.3, -0.25) is 0 Å². The fourth-order valence-corrected chi connectivity index (χ4v) is 1.90. The molecule has 0 fully saturated rings. The lowest BCUT2D eigenvalue weighted by Gasteiger charge is -2.14. The molecule has 2 aromatic rings. The van der Waals surface area contributed by atoms with Crippen molar-refractivity contribution in [3.8, 4) is 5.75 Å². The van der Waals surface area contributed by atoms with Crippen molar-refractivity contribution in [1.29, 1.82) is 0 Å². The first-order chi connectivity index (χ1) is 9.08. The van der Waals surface area contributed by atoms with Crippen molar-refractivity contribution in [2.45, 2.75) is 26.6 Å². The molecule has 0 saturated carbocycles. The van der Waals surface area contributed by atoms with E-state index in [0.717, 1.165) is 11.1 Å². The normalized spacial score (nSPS) is 12.2. The molecule has 100 valence electrons. The maximum Gasteiger partial charge on any atom is 0.125 e. The number of benzene rings is 2. The third kappa shape index (κ3) is 3.32. The Bertz CT molecular complexity index is 564. The summed E-state index contributed by atoms with van der Waals surface area (Å²) < 4.78 is 18.9. The van der Waals surface area contributed by atoms with Gasteiger partial charge >= 0.3 is 0 Å². The van der Waals surface area contributed by atoms with Gasteiger partial charge in [0.05, 0.1) is 6.10 Å². The van der Waals surface area contributed by atoms with Crippen LogP contribution in [0.25, 0.3) is 0 Å². The highest BCUT2D eigenvalue weighted by Crippen LogP contribution is 2.27. The third-order valence-electron chi connectivity index (χ3n) is 3.07. The van der Waals surface area contributed by atoms with Gasteiger partial charge in [-0.15, -0.1) is 0 Å². The Hall–Kier alpha value is -1.87. The molecule has 0 radical (unpaired) electrons. The first-order valence-corrected chi connectivity index (χ1v) is 6.22. The van der Waals surface area contributed by atoms with Crippen molar-refractivity contribution in [2.24, 2.45) is 0 Å². The van der Waals surface area contributed by atoms with Crippen LogP contribution in [0.1, 0.15) is 29.7 Å². The van der Waals surface area contributed by atoms with Gasteiger partial charge in [0.1, 0.15) is 18.2 Å². The van der Waals surface area contributed by atoms with Crippen molar-refractivity contribution in [1.82, 2.24) is 0 Å². The smallest absolute Gasteiger partial charge is 0.125 e. The summed E-state index contributed by atoms with van der Waals surface area (Å²) in [5, 5.41) is 9.63. The zero-order valence-electron chi connectivity index (χ0n) is 11.1. The van der Waals surface area contributed by atoms with Crippen LogP contribution >= 0.6 is 0 Å². The summed E-state index contributed by atoms with van der Waals surface area (Å²) in [7, 11) is 0. The lowest BCUT2D eigenvalue weighted by molar-refractivity contribution is 0.189. The molecule has 19 heavy (non-hydrogen) atoms. The lowest BCUT2D eigenvalue weighted by Crippen LogP contribution is -2.02. The number of rotatable bonds is 4. The topological polar surface area (TPSA) is 29.5 Å². The zero-order valence-corrected chi connectivity index (χ0v) is 11.1. The van der Waals surface area contributed by atoms with Crippen LogP contribution in [-0.2, 0) is 6.61 Å². The first kappa shape index (κ1) is 13.6. The van der Waals surface area contributed by atoms with Crippen LogP contribution in [0.2, 0.25) is 0 Å². The predicted molar refractivity (Wildman–Crippen MR) is 72.5 cm³/mol. The second-order valence-corrected chi connectivity index (χ2v) is 4.57. The van der Waals surface area contributed by atoms with E-state index in [9.17, 15) is 9.50 Å². The molecule has 0 amide bonds. The summed E-state index contributed by atoms with van der Waals surface area (Å²) in [6.07, 6.45) is -0.762. The van der Waals surface area contributed by atoms with E-state index in [-0.39, 0.29) is 5.82 Å². The Morgan fingerprint density at radius 2 is 1.95 bits per heavy atom. The van der Waals surface area contributed by atoms with Gasteiger partial charge in [-0.1, -0.05) is 24.3 Å². The van der Waals surface area contributed by atoms with E-state index in [1.165, 1.54) is 12.1 Å². The second kappa shape index (κ2) is 5.85. The largest absolute Gasteiger partial charge is 0.489 e. The SMILES string of the molecule is Cc1ccccc1COc1ccc(F)cc1[C@@H](C)O. The maximum atomic E-state index is 13.2. The standard InChI is InChI=1S/C16H17FO2/c1-11-5-3-4-6-13(11)10-19-16-8-7-14(17)9-15(16)12(2)18/h3-9,12,18H,10H2,1-2H3/t12-/m1/s1. The molecule has 2 aromatic carbocycles. The molecule has 2 rings (SSSR count). The van der Waals surface area contributed by atoms with Crippen LogP contribution in [0.4, 0.5) is 4.39 Å². The fraction of sp³-hybridized carbons (Fsp3) is 0.250. The molecule has 0 spiro atoms. The van der Waals surface area contributed by atoms with Gasteiger partial charge in [0, 0.05) is 5.56 Å². The highest BCUT2D eigenvalue weighted by Gasteiger charge is 2.11. The Balaban J connectivity index is 2.18. The molecule has 3 heteroatoms. The first-order valence-electron chi connectivity index (χ1n) is 6.22. The summed E-state index contributed by atoms with van der Waals surface area (Å²) in [6, 6.07) is 12.1. The van der Waals surface area contributed by atoms with Crippen LogP contribution in [0, 0.1) is 12.7 Å². The van der Waals surface area contributed by atoms with Crippen molar-refractivity contribution in [2.75, 3.05) is 0 Å². The minimum Gasteiger partial charge on any atom is -0.489 e. The average Bonchev–Trinajstić information content (AvgIpc) is 2.38. The number of halogens is 1. The Morgan fingerprint density at radius 3 is 2.63 bits per heavy atom. The van der Waals surface area contributed by atoms with Gasteiger partial charge < -0.3 is 9.84 Å². The van der Waals surface area contributed by atoms with E-state index in [2.05, 4.69) is 0 Å². The molecule has 0 aliphatic carbocycles. The fourth-order valence-electron chi connectivity index (χ4n) is 1.90. The number of ether oxygens (including phenoxy) is 1. The summed E-state index contributed by atoms with van der Waals surface area (Å²) in [5.74, 6) is 0.138. The maximum absolute atomic E-state index is 13.2. The van der Waals surface area contributed by atoms with Gasteiger partial charge in [-0.2, -0.15) is 0 Å². The molecular formula is C16H17FO2. The quantitative estimate of drug-likeness (QED) is 0.906. The van der Waals surface area contributed by atoms with Gasteiger partial charge in [0.2, 0.25) is 0 Å². The van der Waals surface area contributed by atoms with Crippen LogP contribution in [0.15, 0.2) is 42.5 Å². The molecule has 0 heterocycles. The zero-order chi connectivity index (χ0) is 13.8. The molecule has 0 unspecified atom stereocenters. The van der Waals surface area contributed by atoms with Crippen LogP contribution in [0.5, 0.6) is 5.75 Å². The monoisotopic (exact) mass is 260 g/mol. The van der Waals surface area contributed by atoms with E-state index in [4.69, 9.17) is 4.74 Å². The Morgan fingerprint density at radius 1 is 1.21 bits per heavy atom. The van der Waals surface area contributed by atoms with Gasteiger partial charge in [0.25, 0.3) is 0 Å². The lowest BCUT2D eigenvalue weighted by atomic mass is 10.1. The summed E-state index contributed by atoms with van der Waals surface area (Å²) in [4.78, 5) is 0. The number of hydrogen-bond acceptors (Lipinski definition) is 2. The molecule has 0 saturated heterocycles. The van der Waals surface area contributed by atoms with Crippen LogP contribution in [0.3, 0.4) is 0 Å². The highest BCUT2D eigenvalue weighted by atomic mass is 19.1. The van der Waals surface area contributed by atoms with E-state index < -0.39 is 6.10 Å². The van der Waals surface area contributed by atoms with Crippen molar-refractivity contribution in [3.05, 3.63) is 65.0 Å². The molecule has 0 aliphatic rings. The van der Waals surface area contributed by atoms with Crippen molar-refractivity contribution >= 4 is 0 Å². The summed E-state index contributed by atoms with van der Waals surface area (Å²) in [5.41, 5.74) is 2.68. The van der Waals surface area contributed by atoms with Gasteiger partial charge in [-0.05, 0) is 43.2 Å². The summed E-state index contributed by atoms with van der Waals surface area (Å²) in [6.45, 7) is 4.01. The molecule has 1 atom stereocenters. The number of hydrogen-bond donors (Lipinski definition) is 1. The molecular weight excluding hydrogens is 243 g/mol. The third-order valence-corrected chi connectivity index (χ3v) is 3.07. The van der Waals surface area contributed by atoms with Gasteiger partial charge in [0.15, 0.2) is 0 Å². The van der Waals surface area contributed by atoms with E-state index in [0.29, 0.717) is 17.9 Å². The molecule has 0 aromatic heterocycles. The molecule has 1 N–H and O–H groups in total. The molecule has 0 bridgehead atoms. The van der Waals surface area contributed by atoms with Crippen LogP contribution in [-0.4, -0.2) is 5.11 Å². The van der Waals surface area contributed by atoms with Crippen molar-refractivity contribution in [3.63, 3.8) is 0 Å². The number of aryl methyl sites for hydroxylation is 1. The Labute approximate surface area is 112 Å². The van der Waals surface area contributed by atoms with Crippen molar-refractivity contribution < 1.29 is 14.2 Å². The minimum absolute atomic E-state index is 0.376. The Kier molecular flexibility index (Phi) is 4.17. The predicted octanol–water partition coefficient (Wildman–Crippen LogP) is 3.77. The molecule has 2 nitrogen and oxygen atoms in total. The second-order valence-electron chi connectivity index (χ2n) is 4.57. The number of aliphatic hydroxyl groups is 1. The summed E-state index contributed by atoms with van der Waals surface area (Å²) >= 11 is 0. The van der Waals surface area contributed by atoms with E-state index in [1.54, 1.807) is 13.0 Å². The average molecular weight is 260 g/mol. The van der Waals surface area contributed by atoms with Gasteiger partial charge in [-0.25, -0.2) is 4.39 Å². The minimum atomic E-state index is -0.762. The highest BCUT2D eigenvalue weighted by molar-refractivity contribution is 5.36.